The molecule has 0 radical (unpaired) electrons. The fourth-order valence-electron chi connectivity index (χ4n) is 8.54. The van der Waals surface area contributed by atoms with Crippen LogP contribution >= 0.6 is 0 Å². The smallest absolute Gasteiger partial charge is 0.391 e. The number of nitrogens with one attached hydrogen (secondary N) is 1. The molecule has 7 rings (SSSR count). The number of aliphatic hydroxyl groups excluding tert-OH is 1. The van der Waals surface area contributed by atoms with Crippen molar-refractivity contribution in [1.29, 1.82) is 0 Å². The topological polar surface area (TPSA) is 87.4 Å². The molecule has 3 heterocycles. The van der Waals surface area contributed by atoms with Crippen molar-refractivity contribution in [3.63, 3.8) is 0 Å². The first kappa shape index (κ1) is 24.4. The van der Waals surface area contributed by atoms with E-state index in [1.165, 1.54) is 0 Å². The number of aromatic nitrogens is 2. The van der Waals surface area contributed by atoms with Crippen molar-refractivity contribution >= 4 is 22.3 Å². The molecule has 1 saturated carbocycles. The van der Waals surface area contributed by atoms with E-state index in [0.29, 0.717) is 43.5 Å². The summed E-state index contributed by atoms with van der Waals surface area (Å²) in [6.07, 6.45) is 1.48. The summed E-state index contributed by atoms with van der Waals surface area (Å²) < 4.78 is 51.5. The Balaban J connectivity index is 1.38. The molecule has 1 saturated heterocycles. The zero-order chi connectivity index (χ0) is 26.8. The lowest BCUT2D eigenvalue weighted by molar-refractivity contribution is -0.156. The lowest BCUT2D eigenvalue weighted by Gasteiger charge is -2.56. The average molecular weight is 527 g/mol. The Labute approximate surface area is 219 Å². The second kappa shape index (κ2) is 7.52. The molecule has 2 bridgehead atoms. The van der Waals surface area contributed by atoms with Crippen molar-refractivity contribution in [2.75, 3.05) is 19.8 Å². The van der Waals surface area contributed by atoms with Gasteiger partial charge < -0.3 is 20.5 Å². The average Bonchev–Trinajstić information content (AvgIpc) is 3.50. The summed E-state index contributed by atoms with van der Waals surface area (Å²) in [5.74, 6) is 0.258. The number of ether oxygens (including phenoxy) is 1. The monoisotopic (exact) mass is 526 g/mol. The number of fused-ring (bicyclic) bond motifs is 2. The number of nitrogen functional groups attached to an aromatic ring is 1. The molecule has 3 unspecified atom stereocenters. The fraction of sp³-hybridized carbons (Fsp3) is 0.552. The molecule has 2 spiro atoms. The number of aliphatic hydroxyl groups is 1. The first-order chi connectivity index (χ1) is 17.9. The van der Waals surface area contributed by atoms with Gasteiger partial charge in [0.25, 0.3) is 0 Å². The van der Waals surface area contributed by atoms with Gasteiger partial charge in [0, 0.05) is 28.3 Å². The van der Waals surface area contributed by atoms with E-state index in [4.69, 9.17) is 10.5 Å². The number of halogens is 3. The van der Waals surface area contributed by atoms with Gasteiger partial charge in [-0.2, -0.15) is 18.3 Å². The predicted molar refractivity (Wildman–Crippen MR) is 139 cm³/mol. The molecule has 9 heteroatoms. The summed E-state index contributed by atoms with van der Waals surface area (Å²) in [5, 5.41) is 18.6. The number of hydrogen-bond donors (Lipinski definition) is 3. The normalized spacial score (nSPS) is 38.3. The molecule has 3 aliphatic carbocycles. The van der Waals surface area contributed by atoms with Crippen molar-refractivity contribution in [3.8, 4) is 0 Å². The van der Waals surface area contributed by atoms with Crippen molar-refractivity contribution in [3.05, 3.63) is 52.6 Å². The van der Waals surface area contributed by atoms with Gasteiger partial charge in [-0.05, 0) is 87.0 Å². The van der Waals surface area contributed by atoms with Gasteiger partial charge in [0.05, 0.1) is 22.8 Å². The van der Waals surface area contributed by atoms with Gasteiger partial charge in [-0.1, -0.05) is 25.1 Å². The first-order valence-corrected chi connectivity index (χ1v) is 13.4. The molecule has 2 aromatic rings. The largest absolute Gasteiger partial charge is 0.413 e. The summed E-state index contributed by atoms with van der Waals surface area (Å²) in [5.41, 5.74) is 6.91. The van der Waals surface area contributed by atoms with Crippen LogP contribution in [0, 0.1) is 11.3 Å². The van der Waals surface area contributed by atoms with Crippen molar-refractivity contribution < 1.29 is 23.0 Å². The number of H-pyrrole nitrogens is 1. The quantitative estimate of drug-likeness (QED) is 0.505. The van der Waals surface area contributed by atoms with Gasteiger partial charge in [0.1, 0.15) is 0 Å². The summed E-state index contributed by atoms with van der Waals surface area (Å²) in [7, 11) is 3.88. The highest BCUT2D eigenvalue weighted by Crippen LogP contribution is 2.70. The van der Waals surface area contributed by atoms with Crippen LogP contribution in [0.4, 0.5) is 19.0 Å². The summed E-state index contributed by atoms with van der Waals surface area (Å²) in [4.78, 5) is 2.01. The van der Waals surface area contributed by atoms with Crippen molar-refractivity contribution in [2.45, 2.75) is 75.0 Å². The Hall–Kier alpha value is -2.62. The van der Waals surface area contributed by atoms with Crippen LogP contribution in [-0.2, 0) is 4.74 Å². The Morgan fingerprint density at radius 1 is 1.24 bits per heavy atom. The molecule has 0 amide bonds. The van der Waals surface area contributed by atoms with E-state index in [0.717, 1.165) is 27.6 Å². The van der Waals surface area contributed by atoms with Crippen LogP contribution < -0.4 is 5.73 Å². The van der Waals surface area contributed by atoms with Gasteiger partial charge in [-0.3, -0.25) is 5.10 Å². The number of hydrogen-bond acceptors (Lipinski definition) is 5. The Morgan fingerprint density at radius 2 is 2.03 bits per heavy atom. The number of benzene rings is 1. The summed E-state index contributed by atoms with van der Waals surface area (Å²) in [6.45, 7) is 1.98. The van der Waals surface area contributed by atoms with Crippen molar-refractivity contribution in [1.82, 2.24) is 15.1 Å². The molecular weight excluding hydrogens is 493 g/mol. The molecule has 1 aromatic carbocycles. The second-order valence-corrected chi connectivity index (χ2v) is 12.4. The van der Waals surface area contributed by atoms with E-state index in [9.17, 15) is 18.3 Å². The van der Waals surface area contributed by atoms with Crippen LogP contribution in [0.25, 0.3) is 16.5 Å². The van der Waals surface area contributed by atoms with E-state index in [-0.39, 0.29) is 18.4 Å². The van der Waals surface area contributed by atoms with Crippen molar-refractivity contribution in [2.24, 2.45) is 11.3 Å². The molecule has 202 valence electrons. The number of aromatic amines is 1. The van der Waals surface area contributed by atoms with E-state index >= 15 is 0 Å². The number of rotatable bonds is 2. The highest BCUT2D eigenvalue weighted by molar-refractivity contribution is 5.92. The van der Waals surface area contributed by atoms with Gasteiger partial charge in [0.15, 0.2) is 5.82 Å². The van der Waals surface area contributed by atoms with E-state index < -0.39 is 34.5 Å². The minimum atomic E-state index is -4.48. The number of likely N-dealkylation sites (N-methyl/N-ethyl adjacent to an activating group) is 1. The van der Waals surface area contributed by atoms with E-state index in [2.05, 4.69) is 16.3 Å². The standard InChI is InChI=1S/C29H33F3N4O2/c1-26-13-20(29(30,31)32)19-11-16-12-23(37)22(36(2)3)14-27(16)8-9-28(19,38-27)24(26)7-5-18(26)15-4-6-21-17(10-15)25(33)35-34-21/h4-6,10-11,22-24,37H,7-9,12-14H2,1-3H3,(H3,33,34,35)/t22-,23?,24?,26?,27+,28+/m0/s1. The maximum absolute atomic E-state index is 14.8. The van der Waals surface area contributed by atoms with Crippen LogP contribution in [0.15, 0.2) is 47.1 Å². The Bertz CT molecular complexity index is 1460. The van der Waals surface area contributed by atoms with Gasteiger partial charge >= 0.3 is 6.18 Å². The molecule has 1 aromatic heterocycles. The highest BCUT2D eigenvalue weighted by Gasteiger charge is 2.68. The third-order valence-corrected chi connectivity index (χ3v) is 10.3. The molecular formula is C29H33F3N4O2. The number of alkyl halides is 3. The summed E-state index contributed by atoms with van der Waals surface area (Å²) >= 11 is 0. The first-order valence-electron chi connectivity index (χ1n) is 13.4. The SMILES string of the molecule is CN(C)[C@H]1C[C@@]23CC[C@@]4(O2)C(=C(C(F)(F)F)CC2(C)C(c5ccc6[nH]nc(N)c6c5)=CCC24)C=C3CC1O. The molecule has 6 atom stereocenters. The molecule has 6 nitrogen and oxygen atoms in total. The van der Waals surface area contributed by atoms with Crippen LogP contribution in [0.2, 0.25) is 0 Å². The third-order valence-electron chi connectivity index (χ3n) is 10.3. The molecule has 5 aliphatic rings. The zero-order valence-electron chi connectivity index (χ0n) is 21.8. The number of nitrogens with zero attached hydrogens (tertiary/aromatic N) is 2. The second-order valence-electron chi connectivity index (χ2n) is 12.4. The van der Waals surface area contributed by atoms with Crippen LogP contribution in [-0.4, -0.2) is 63.8 Å². The minimum absolute atomic E-state index is 0.102. The predicted octanol–water partition coefficient (Wildman–Crippen LogP) is 5.13. The van der Waals surface area contributed by atoms with Crippen LogP contribution in [0.3, 0.4) is 0 Å². The summed E-state index contributed by atoms with van der Waals surface area (Å²) in [6, 6.07) is 5.68. The highest BCUT2D eigenvalue weighted by atomic mass is 19.4. The minimum Gasteiger partial charge on any atom is -0.391 e. The van der Waals surface area contributed by atoms with Crippen LogP contribution in [0.1, 0.15) is 51.0 Å². The lowest BCUT2D eigenvalue weighted by atomic mass is 9.56. The Morgan fingerprint density at radius 3 is 2.76 bits per heavy atom. The third kappa shape index (κ3) is 3.04. The van der Waals surface area contributed by atoms with E-state index in [1.807, 2.05) is 44.1 Å². The maximum atomic E-state index is 14.8. The van der Waals surface area contributed by atoms with Gasteiger partial charge in [-0.25, -0.2) is 0 Å². The molecule has 2 aliphatic heterocycles. The van der Waals surface area contributed by atoms with Crippen LogP contribution in [0.5, 0.6) is 0 Å². The van der Waals surface area contributed by atoms with Gasteiger partial charge in [-0.15, -0.1) is 0 Å². The lowest BCUT2D eigenvalue weighted by Crippen LogP contribution is -2.58. The fourth-order valence-corrected chi connectivity index (χ4v) is 8.54. The Kier molecular flexibility index (Phi) is 4.83. The zero-order valence-corrected chi connectivity index (χ0v) is 21.8. The number of anilines is 1. The number of allylic oxidation sites excluding steroid dienone is 3. The number of nitrogens with two attached hydrogens (primary N) is 1. The maximum Gasteiger partial charge on any atom is 0.413 e. The van der Waals surface area contributed by atoms with E-state index in [1.54, 1.807) is 6.08 Å². The molecule has 4 N–H and O–H groups in total. The molecule has 38 heavy (non-hydrogen) atoms. The molecule has 2 fully saturated rings. The van der Waals surface area contributed by atoms with Gasteiger partial charge in [0.2, 0.25) is 0 Å².